The van der Waals surface area contributed by atoms with Crippen LogP contribution in [0.1, 0.15) is 15.9 Å². The fraction of sp³-hybridized carbons (Fsp3) is 0.167. The molecule has 2 N–H and O–H groups in total. The summed E-state index contributed by atoms with van der Waals surface area (Å²) < 4.78 is 10.1. The Labute approximate surface area is 98.5 Å². The number of benzene rings is 1. The van der Waals surface area contributed by atoms with Gasteiger partial charge in [0, 0.05) is 11.5 Å². The summed E-state index contributed by atoms with van der Waals surface area (Å²) in [5.74, 6) is 4.67. The number of rotatable bonds is 3. The third-order valence-electron chi connectivity index (χ3n) is 1.97. The zero-order chi connectivity index (χ0) is 12.8. The van der Waals surface area contributed by atoms with Gasteiger partial charge in [-0.25, -0.2) is 0 Å². The molecule has 0 heterocycles. The lowest BCUT2D eigenvalue weighted by molar-refractivity contribution is -0.112. The van der Waals surface area contributed by atoms with Crippen molar-refractivity contribution in [3.8, 4) is 23.3 Å². The Morgan fingerprint density at radius 3 is 2.18 bits per heavy atom. The van der Waals surface area contributed by atoms with Gasteiger partial charge in [-0.3, -0.25) is 9.59 Å². The highest BCUT2D eigenvalue weighted by atomic mass is 16.5. The minimum atomic E-state index is -0.756. The average Bonchev–Trinajstić information content (AvgIpc) is 2.34. The number of methoxy groups -OCH3 is 2. The summed E-state index contributed by atoms with van der Waals surface area (Å²) in [4.78, 5) is 21.3. The predicted octanol–water partition coefficient (Wildman–Crippen LogP) is 0.353. The molecule has 0 aliphatic heterocycles. The molecule has 0 saturated carbocycles. The molecule has 0 unspecified atom stereocenters. The second kappa shape index (κ2) is 5.56. The molecule has 17 heavy (non-hydrogen) atoms. The molecule has 0 spiro atoms. The number of amides is 1. The van der Waals surface area contributed by atoms with Crippen LogP contribution in [0.15, 0.2) is 12.1 Å². The molecule has 0 atom stereocenters. The Bertz CT molecular complexity index is 486. The monoisotopic (exact) mass is 233 g/mol. The van der Waals surface area contributed by atoms with Crippen molar-refractivity contribution in [3.63, 3.8) is 0 Å². The van der Waals surface area contributed by atoms with Gasteiger partial charge in [0.25, 0.3) is 5.91 Å². The Hall–Kier alpha value is -2.48. The molecule has 0 bridgehead atoms. The van der Waals surface area contributed by atoms with Gasteiger partial charge in [-0.2, -0.15) is 0 Å². The molecule has 1 aromatic carbocycles. The smallest absolute Gasteiger partial charge is 0.293 e. The van der Waals surface area contributed by atoms with Crippen LogP contribution in [-0.4, -0.2) is 26.4 Å². The zero-order valence-corrected chi connectivity index (χ0v) is 9.44. The second-order valence-corrected chi connectivity index (χ2v) is 3.03. The van der Waals surface area contributed by atoms with Gasteiger partial charge in [-0.05, 0) is 18.1 Å². The van der Waals surface area contributed by atoms with E-state index in [1.54, 1.807) is 0 Å². The molecular formula is C12H11NO4. The fourth-order valence-corrected chi connectivity index (χ4v) is 1.25. The maximum atomic E-state index is 10.7. The van der Waals surface area contributed by atoms with Crippen LogP contribution in [0.2, 0.25) is 0 Å². The van der Waals surface area contributed by atoms with Crippen molar-refractivity contribution in [2.24, 2.45) is 5.73 Å². The summed E-state index contributed by atoms with van der Waals surface area (Å²) in [5, 5.41) is 0. The molecule has 5 nitrogen and oxygen atoms in total. The van der Waals surface area contributed by atoms with E-state index < -0.39 is 5.91 Å². The number of primary amides is 1. The van der Waals surface area contributed by atoms with E-state index in [1.807, 2.05) is 0 Å². The van der Waals surface area contributed by atoms with Crippen LogP contribution in [0, 0.1) is 11.8 Å². The van der Waals surface area contributed by atoms with Crippen LogP contribution in [0.4, 0.5) is 0 Å². The molecule has 0 saturated heterocycles. The van der Waals surface area contributed by atoms with E-state index in [0.717, 1.165) is 0 Å². The van der Waals surface area contributed by atoms with E-state index in [2.05, 4.69) is 11.8 Å². The normalized spacial score (nSPS) is 8.82. The highest BCUT2D eigenvalue weighted by Gasteiger charge is 2.10. The molecule has 0 fully saturated rings. The van der Waals surface area contributed by atoms with Crippen molar-refractivity contribution in [2.75, 3.05) is 14.2 Å². The second-order valence-electron chi connectivity index (χ2n) is 3.03. The lowest BCUT2D eigenvalue weighted by Crippen LogP contribution is -2.06. The van der Waals surface area contributed by atoms with E-state index in [9.17, 15) is 9.59 Å². The quantitative estimate of drug-likeness (QED) is 0.603. The Kier molecular flexibility index (Phi) is 4.12. The summed E-state index contributed by atoms with van der Waals surface area (Å²) in [6.45, 7) is 0. The van der Waals surface area contributed by atoms with Gasteiger partial charge in [0.15, 0.2) is 0 Å². The van der Waals surface area contributed by atoms with Crippen LogP contribution < -0.4 is 15.2 Å². The van der Waals surface area contributed by atoms with E-state index >= 15 is 0 Å². The zero-order valence-electron chi connectivity index (χ0n) is 9.44. The highest BCUT2D eigenvalue weighted by molar-refractivity contribution is 5.93. The standard InChI is InChI=1S/C12H11NO4/c1-16-10-5-8(7-14)6-11(17-2)9(10)3-4-12(13)15/h5-7H,1-2H3,(H2,13,15). The van der Waals surface area contributed by atoms with Gasteiger partial charge < -0.3 is 15.2 Å². The maximum absolute atomic E-state index is 10.7. The number of ether oxygens (including phenoxy) is 2. The first-order valence-corrected chi connectivity index (χ1v) is 4.65. The van der Waals surface area contributed by atoms with Crippen LogP contribution in [0.25, 0.3) is 0 Å². The molecule has 1 rings (SSSR count). The number of hydrogen-bond acceptors (Lipinski definition) is 4. The molecule has 0 aliphatic carbocycles. The Morgan fingerprint density at radius 1 is 1.29 bits per heavy atom. The molecule has 0 aromatic heterocycles. The van der Waals surface area contributed by atoms with Crippen molar-refractivity contribution in [3.05, 3.63) is 23.3 Å². The minimum absolute atomic E-state index is 0.347. The first kappa shape index (κ1) is 12.6. The van der Waals surface area contributed by atoms with Gasteiger partial charge >= 0.3 is 0 Å². The number of carbonyl (C=O) groups excluding carboxylic acids is 2. The van der Waals surface area contributed by atoms with Gasteiger partial charge in [0.1, 0.15) is 23.3 Å². The lowest BCUT2D eigenvalue weighted by atomic mass is 10.1. The van der Waals surface area contributed by atoms with Gasteiger partial charge in [-0.1, -0.05) is 0 Å². The predicted molar refractivity (Wildman–Crippen MR) is 61.0 cm³/mol. The van der Waals surface area contributed by atoms with Crippen molar-refractivity contribution in [2.45, 2.75) is 0 Å². The van der Waals surface area contributed by atoms with Crippen molar-refractivity contribution >= 4 is 12.2 Å². The van der Waals surface area contributed by atoms with E-state index in [-0.39, 0.29) is 0 Å². The Morgan fingerprint density at radius 2 is 1.82 bits per heavy atom. The molecule has 5 heteroatoms. The van der Waals surface area contributed by atoms with Crippen LogP contribution >= 0.6 is 0 Å². The highest BCUT2D eigenvalue weighted by Crippen LogP contribution is 2.29. The largest absolute Gasteiger partial charge is 0.495 e. The summed E-state index contributed by atoms with van der Waals surface area (Å²) in [5.41, 5.74) is 5.70. The number of hydrogen-bond donors (Lipinski definition) is 1. The van der Waals surface area contributed by atoms with E-state index in [4.69, 9.17) is 15.2 Å². The summed E-state index contributed by atoms with van der Waals surface area (Å²) >= 11 is 0. The van der Waals surface area contributed by atoms with Crippen LogP contribution in [0.3, 0.4) is 0 Å². The van der Waals surface area contributed by atoms with Crippen molar-refractivity contribution in [1.29, 1.82) is 0 Å². The number of nitrogens with two attached hydrogens (primary N) is 1. The third kappa shape index (κ3) is 2.98. The summed E-state index contributed by atoms with van der Waals surface area (Å²) in [6, 6.07) is 3.00. The van der Waals surface area contributed by atoms with Gasteiger partial charge in [-0.15, -0.1) is 0 Å². The molecule has 1 amide bonds. The Balaban J connectivity index is 3.41. The first-order valence-electron chi connectivity index (χ1n) is 4.65. The molecule has 0 radical (unpaired) electrons. The fourth-order valence-electron chi connectivity index (χ4n) is 1.25. The lowest BCUT2D eigenvalue weighted by Gasteiger charge is -2.09. The van der Waals surface area contributed by atoms with Gasteiger partial charge in [0.05, 0.1) is 14.2 Å². The molecule has 88 valence electrons. The molecule has 0 aliphatic rings. The molecular weight excluding hydrogens is 222 g/mol. The average molecular weight is 233 g/mol. The van der Waals surface area contributed by atoms with Crippen LogP contribution in [-0.2, 0) is 4.79 Å². The van der Waals surface area contributed by atoms with Gasteiger partial charge in [0.2, 0.25) is 0 Å². The first-order chi connectivity index (χ1) is 8.12. The number of aldehydes is 1. The SMILES string of the molecule is COc1cc(C=O)cc(OC)c1C#CC(N)=O. The third-order valence-corrected chi connectivity index (χ3v) is 1.97. The van der Waals surface area contributed by atoms with Crippen LogP contribution in [0.5, 0.6) is 11.5 Å². The molecule has 1 aromatic rings. The van der Waals surface area contributed by atoms with E-state index in [0.29, 0.717) is 28.9 Å². The summed E-state index contributed by atoms with van der Waals surface area (Å²) in [7, 11) is 2.86. The topological polar surface area (TPSA) is 78.6 Å². The van der Waals surface area contributed by atoms with Crippen molar-refractivity contribution in [1.82, 2.24) is 0 Å². The number of carbonyl (C=O) groups is 2. The minimum Gasteiger partial charge on any atom is -0.495 e. The summed E-state index contributed by atoms with van der Waals surface area (Å²) in [6.07, 6.45) is 0.663. The maximum Gasteiger partial charge on any atom is 0.293 e. The van der Waals surface area contributed by atoms with Crippen molar-refractivity contribution < 1.29 is 19.1 Å². The van der Waals surface area contributed by atoms with E-state index in [1.165, 1.54) is 26.4 Å².